The average molecular weight is 756 g/mol. The molecule has 0 radical (unpaired) electrons. The first-order valence-electron chi connectivity index (χ1n) is 15.8. The number of nitrogens with one attached hydrogen (secondary N) is 2. The summed E-state index contributed by atoms with van der Waals surface area (Å²) in [5.41, 5.74) is -1.92. The van der Waals surface area contributed by atoms with Gasteiger partial charge in [-0.05, 0) is 50.6 Å². The molecule has 2 aliphatic heterocycles. The van der Waals surface area contributed by atoms with E-state index in [1.54, 1.807) is 24.8 Å². The van der Waals surface area contributed by atoms with E-state index >= 15 is 8.78 Å². The van der Waals surface area contributed by atoms with Crippen LogP contribution in [-0.2, 0) is 28.2 Å². The number of benzene rings is 1. The van der Waals surface area contributed by atoms with Crippen molar-refractivity contribution in [3.05, 3.63) is 80.8 Å². The molecule has 5 rings (SSSR count). The molecule has 3 N–H and O–H groups in total. The standard InChI is InChI=1S/C26H29ClF5N7O3.C6H6N2O2/c1-3-19-21(38-10-8-37(2)9-11-38)23(40)39(36-22(34-15-33-19)16-6-12-42-13-7-16)26(31,32)24(41)35-20-5-4-17(14-18(20)27)25(28,29)30;1-4-6(10)5(2-9)8-3-7-4/h4-6,14-15H,3,7-13H2,1-2H3,(H,35,41)(H,33,34,36);2-3,10H,1H3. The highest BCUT2D eigenvalue weighted by atomic mass is 35.5. The van der Waals surface area contributed by atoms with Crippen LogP contribution in [0, 0.1) is 6.92 Å². The van der Waals surface area contributed by atoms with Crippen LogP contribution in [0.15, 0.2) is 41.7 Å². The van der Waals surface area contributed by atoms with Crippen molar-refractivity contribution in [2.45, 2.75) is 38.9 Å². The Balaban J connectivity index is 0.000000521. The molecule has 1 aromatic carbocycles. The predicted molar refractivity (Wildman–Crippen MR) is 180 cm³/mol. The molecular weight excluding hydrogens is 721 g/mol. The number of H-pyrrole nitrogens is 1. The van der Waals surface area contributed by atoms with E-state index in [1.807, 2.05) is 17.3 Å². The number of aromatic nitrogens is 6. The van der Waals surface area contributed by atoms with Crippen molar-refractivity contribution in [1.29, 1.82) is 0 Å². The van der Waals surface area contributed by atoms with E-state index in [1.165, 1.54) is 6.33 Å². The SMILES string of the molecule is CCc1ncnc(C2=CCOCC2)[nH]n(C(F)(F)C(=O)Nc2ccc(C(F)(F)F)cc2Cl)c(=O)c1N1CCN(C)CC1.Cc1ncnc(C=O)c1O. The van der Waals surface area contributed by atoms with E-state index in [4.69, 9.17) is 21.4 Å². The lowest BCUT2D eigenvalue weighted by Crippen LogP contribution is -2.50. The zero-order chi connectivity index (χ0) is 38.2. The minimum Gasteiger partial charge on any atom is -0.504 e. The summed E-state index contributed by atoms with van der Waals surface area (Å²) in [6.07, 6.45) is 0.208. The number of aryl methyl sites for hydroxylation is 2. The normalized spacial score (nSPS) is 15.2. The quantitative estimate of drug-likeness (QED) is 0.231. The zero-order valence-corrected chi connectivity index (χ0v) is 28.9. The molecule has 14 nitrogen and oxygen atoms in total. The number of hydrogen-bond acceptors (Lipinski definition) is 11. The summed E-state index contributed by atoms with van der Waals surface area (Å²) in [7, 11) is 1.88. The van der Waals surface area contributed by atoms with Crippen molar-refractivity contribution in [3.8, 4) is 5.75 Å². The molecule has 2 aliphatic rings. The molecular formula is C32H35ClF5N9O5. The molecule has 2 aromatic heterocycles. The van der Waals surface area contributed by atoms with Crippen molar-refractivity contribution in [3.63, 3.8) is 0 Å². The van der Waals surface area contributed by atoms with Crippen molar-refractivity contribution < 1.29 is 41.4 Å². The smallest absolute Gasteiger partial charge is 0.424 e. The van der Waals surface area contributed by atoms with E-state index < -0.39 is 40.0 Å². The summed E-state index contributed by atoms with van der Waals surface area (Å²) >= 11 is 5.88. The van der Waals surface area contributed by atoms with Crippen LogP contribution in [0.5, 0.6) is 5.75 Å². The fourth-order valence-corrected chi connectivity index (χ4v) is 5.22. The number of amides is 1. The fourth-order valence-electron chi connectivity index (χ4n) is 5.00. The van der Waals surface area contributed by atoms with E-state index in [-0.39, 0.29) is 59.4 Å². The summed E-state index contributed by atoms with van der Waals surface area (Å²) in [6.45, 7) is 5.50. The number of piperazine rings is 1. The first-order valence-corrected chi connectivity index (χ1v) is 16.1. The van der Waals surface area contributed by atoms with Crippen LogP contribution in [0.3, 0.4) is 0 Å². The highest BCUT2D eigenvalue weighted by Crippen LogP contribution is 2.34. The Morgan fingerprint density at radius 3 is 2.37 bits per heavy atom. The second-order valence-corrected chi connectivity index (χ2v) is 11.9. The molecule has 1 fully saturated rings. The van der Waals surface area contributed by atoms with Gasteiger partial charge in [-0.2, -0.15) is 26.6 Å². The number of halogens is 6. The Kier molecular flexibility index (Phi) is 13.0. The third kappa shape index (κ3) is 9.45. The largest absolute Gasteiger partial charge is 0.504 e. The van der Waals surface area contributed by atoms with Gasteiger partial charge in [0.25, 0.3) is 5.56 Å². The Bertz CT molecular complexity index is 1930. The number of rotatable bonds is 7. The van der Waals surface area contributed by atoms with Gasteiger partial charge in [-0.1, -0.05) is 24.6 Å². The maximum atomic E-state index is 16.1. The van der Waals surface area contributed by atoms with Gasteiger partial charge in [-0.25, -0.2) is 19.9 Å². The topological polar surface area (TPSA) is 171 Å². The second kappa shape index (κ2) is 17.0. The summed E-state index contributed by atoms with van der Waals surface area (Å²) < 4.78 is 76.4. The second-order valence-electron chi connectivity index (χ2n) is 11.5. The number of carbonyl (C=O) groups excluding carboxylic acids is 2. The highest BCUT2D eigenvalue weighted by molar-refractivity contribution is 6.33. The lowest BCUT2D eigenvalue weighted by Gasteiger charge is -2.34. The summed E-state index contributed by atoms with van der Waals surface area (Å²) in [5, 5.41) is 12.6. The summed E-state index contributed by atoms with van der Waals surface area (Å²) in [6, 6.07) is -2.74. The molecule has 0 spiro atoms. The van der Waals surface area contributed by atoms with Gasteiger partial charge >= 0.3 is 18.1 Å². The number of likely N-dealkylation sites (N-methyl/N-ethyl adjacent to an activating group) is 1. The van der Waals surface area contributed by atoms with E-state index in [0.29, 0.717) is 55.9 Å². The minimum atomic E-state index is -4.74. The Labute approximate surface area is 298 Å². The number of hydrogen-bond donors (Lipinski definition) is 3. The number of anilines is 2. The van der Waals surface area contributed by atoms with Gasteiger partial charge in [0.1, 0.15) is 29.9 Å². The van der Waals surface area contributed by atoms with Crippen LogP contribution in [-0.4, -0.2) is 98.4 Å². The molecule has 0 bridgehead atoms. The van der Waals surface area contributed by atoms with Gasteiger partial charge in [-0.15, -0.1) is 0 Å². The van der Waals surface area contributed by atoms with Crippen LogP contribution in [0.25, 0.3) is 5.57 Å². The molecule has 280 valence electrons. The number of aromatic hydroxyl groups is 1. The Hall–Kier alpha value is -5.01. The number of aldehydes is 1. The lowest BCUT2D eigenvalue weighted by atomic mass is 10.1. The van der Waals surface area contributed by atoms with Crippen LogP contribution in [0.2, 0.25) is 5.02 Å². The monoisotopic (exact) mass is 755 g/mol. The van der Waals surface area contributed by atoms with Crippen LogP contribution < -0.4 is 15.8 Å². The number of aromatic amines is 1. The van der Waals surface area contributed by atoms with E-state index in [2.05, 4.69) is 25.0 Å². The molecule has 0 atom stereocenters. The van der Waals surface area contributed by atoms with Gasteiger partial charge in [0.2, 0.25) is 0 Å². The zero-order valence-electron chi connectivity index (χ0n) is 28.2. The molecule has 52 heavy (non-hydrogen) atoms. The number of carbonyl (C=O) groups is 2. The Morgan fingerprint density at radius 1 is 1.10 bits per heavy atom. The van der Waals surface area contributed by atoms with E-state index in [0.717, 1.165) is 12.4 Å². The van der Waals surface area contributed by atoms with Gasteiger partial charge in [0.15, 0.2) is 12.0 Å². The fraction of sp³-hybridized carbons (Fsp3) is 0.406. The molecule has 0 unspecified atom stereocenters. The molecule has 0 saturated carbocycles. The molecule has 1 saturated heterocycles. The third-order valence-electron chi connectivity index (χ3n) is 7.96. The molecule has 3 aromatic rings. The van der Waals surface area contributed by atoms with Gasteiger partial charge in [0.05, 0.1) is 40.9 Å². The maximum Gasteiger partial charge on any atom is 0.424 e. The van der Waals surface area contributed by atoms with Gasteiger partial charge in [-0.3, -0.25) is 19.5 Å². The number of alkyl halides is 5. The molecule has 4 heterocycles. The number of nitrogens with zero attached hydrogens (tertiary/aromatic N) is 7. The lowest BCUT2D eigenvalue weighted by molar-refractivity contribution is -0.158. The van der Waals surface area contributed by atoms with Crippen LogP contribution in [0.4, 0.5) is 33.3 Å². The highest BCUT2D eigenvalue weighted by Gasteiger charge is 2.44. The summed E-state index contributed by atoms with van der Waals surface area (Å²) in [4.78, 5) is 56.5. The van der Waals surface area contributed by atoms with Crippen LogP contribution in [0.1, 0.15) is 46.6 Å². The summed E-state index contributed by atoms with van der Waals surface area (Å²) in [5.74, 6) is -2.30. The average Bonchev–Trinajstić information content (AvgIpc) is 3.18. The first kappa shape index (κ1) is 39.8. The van der Waals surface area contributed by atoms with Crippen molar-refractivity contribution in [2.75, 3.05) is 56.7 Å². The molecule has 0 aliphatic carbocycles. The van der Waals surface area contributed by atoms with Crippen molar-refractivity contribution in [1.82, 2.24) is 34.6 Å². The minimum absolute atomic E-state index is 0.0347. The van der Waals surface area contributed by atoms with E-state index in [9.17, 15) is 27.6 Å². The van der Waals surface area contributed by atoms with Gasteiger partial charge < -0.3 is 25.0 Å². The Morgan fingerprint density at radius 2 is 1.79 bits per heavy atom. The molecule has 1 amide bonds. The van der Waals surface area contributed by atoms with Crippen molar-refractivity contribution >= 4 is 40.7 Å². The maximum absolute atomic E-state index is 16.1. The first-order chi connectivity index (χ1) is 24.6. The number of ether oxygens (including phenoxy) is 1. The molecule has 20 heteroatoms. The third-order valence-corrected chi connectivity index (χ3v) is 8.28. The predicted octanol–water partition coefficient (Wildman–Crippen LogP) is 4.37. The van der Waals surface area contributed by atoms with Crippen LogP contribution >= 0.6 is 11.6 Å². The van der Waals surface area contributed by atoms with Crippen molar-refractivity contribution in [2.24, 2.45) is 0 Å². The van der Waals surface area contributed by atoms with Gasteiger partial charge in [0, 0.05) is 26.2 Å².